The summed E-state index contributed by atoms with van der Waals surface area (Å²) in [5.41, 5.74) is 3.73. The Morgan fingerprint density at radius 3 is 2.81 bits per heavy atom. The van der Waals surface area contributed by atoms with Crippen molar-refractivity contribution in [3.8, 4) is 0 Å². The summed E-state index contributed by atoms with van der Waals surface area (Å²) >= 11 is 4.71. The fraction of sp³-hybridized carbons (Fsp3) is 0.278. The highest BCUT2D eigenvalue weighted by atomic mass is 79.9. The predicted octanol–water partition coefficient (Wildman–Crippen LogP) is 3.85. The minimum atomic E-state index is -0.151. The summed E-state index contributed by atoms with van der Waals surface area (Å²) in [6, 6.07) is 7.58. The van der Waals surface area contributed by atoms with Gasteiger partial charge in [-0.05, 0) is 60.5 Å². The van der Waals surface area contributed by atoms with Crippen LogP contribution in [-0.2, 0) is 11.3 Å². The molecule has 0 unspecified atom stereocenters. The van der Waals surface area contributed by atoms with Crippen LogP contribution in [0.1, 0.15) is 18.2 Å². The first-order valence-corrected chi connectivity index (χ1v) is 9.96. The van der Waals surface area contributed by atoms with Crippen LogP contribution in [0, 0.1) is 13.8 Å². The molecular weight excluding hydrogens is 416 g/mol. The number of hydrogen-bond donors (Lipinski definition) is 2. The van der Waals surface area contributed by atoms with Gasteiger partial charge in [-0.25, -0.2) is 4.98 Å². The van der Waals surface area contributed by atoms with E-state index in [0.29, 0.717) is 22.7 Å². The van der Waals surface area contributed by atoms with Crippen molar-refractivity contribution in [2.75, 3.05) is 11.1 Å². The van der Waals surface area contributed by atoms with E-state index in [0.717, 1.165) is 21.4 Å². The minimum absolute atomic E-state index is 0.116. The number of fused-ring (bicyclic) bond motifs is 1. The first kappa shape index (κ1) is 18.7. The van der Waals surface area contributed by atoms with Gasteiger partial charge in [-0.3, -0.25) is 14.2 Å². The van der Waals surface area contributed by atoms with E-state index in [1.54, 1.807) is 4.57 Å². The normalized spacial score (nSPS) is 11.1. The van der Waals surface area contributed by atoms with Crippen LogP contribution in [0.25, 0.3) is 11.0 Å². The number of carbonyl (C=O) groups excluding carboxylic acids is 1. The second-order valence-electron chi connectivity index (χ2n) is 5.98. The van der Waals surface area contributed by atoms with Gasteiger partial charge in [0.05, 0.1) is 17.0 Å². The molecule has 0 radical (unpaired) electrons. The molecule has 0 aliphatic heterocycles. The zero-order valence-electron chi connectivity index (χ0n) is 14.7. The van der Waals surface area contributed by atoms with Crippen molar-refractivity contribution >= 4 is 50.3 Å². The van der Waals surface area contributed by atoms with E-state index >= 15 is 0 Å². The van der Waals surface area contributed by atoms with Gasteiger partial charge >= 0.3 is 0 Å². The number of aromatic nitrogens is 3. The zero-order valence-corrected chi connectivity index (χ0v) is 17.1. The molecule has 0 spiro atoms. The fourth-order valence-electron chi connectivity index (χ4n) is 2.64. The second kappa shape index (κ2) is 7.67. The molecule has 0 aliphatic rings. The predicted molar refractivity (Wildman–Crippen MR) is 109 cm³/mol. The number of hydrogen-bond acceptors (Lipinski definition) is 4. The molecule has 1 aromatic carbocycles. The molecule has 0 saturated carbocycles. The lowest BCUT2D eigenvalue weighted by molar-refractivity contribution is -0.113. The average molecular weight is 435 g/mol. The Balaban J connectivity index is 1.78. The molecule has 0 bridgehead atoms. The van der Waals surface area contributed by atoms with E-state index < -0.39 is 0 Å². The quantitative estimate of drug-likeness (QED) is 0.471. The van der Waals surface area contributed by atoms with Gasteiger partial charge in [-0.1, -0.05) is 17.8 Å². The Bertz CT molecular complexity index is 1040. The van der Waals surface area contributed by atoms with Crippen LogP contribution in [0.5, 0.6) is 0 Å². The first-order chi connectivity index (χ1) is 12.4. The van der Waals surface area contributed by atoms with E-state index in [2.05, 4.69) is 31.2 Å². The van der Waals surface area contributed by atoms with Crippen LogP contribution in [0.3, 0.4) is 0 Å². The van der Waals surface area contributed by atoms with Crippen LogP contribution in [0.2, 0.25) is 0 Å². The van der Waals surface area contributed by atoms with Crippen molar-refractivity contribution in [1.29, 1.82) is 0 Å². The van der Waals surface area contributed by atoms with Crippen molar-refractivity contribution in [1.82, 2.24) is 14.5 Å². The summed E-state index contributed by atoms with van der Waals surface area (Å²) in [6.07, 6.45) is 0. The van der Waals surface area contributed by atoms with Gasteiger partial charge in [0.1, 0.15) is 5.52 Å². The highest BCUT2D eigenvalue weighted by molar-refractivity contribution is 9.10. The summed E-state index contributed by atoms with van der Waals surface area (Å²) in [5.74, 6) is 0.0172. The summed E-state index contributed by atoms with van der Waals surface area (Å²) in [4.78, 5) is 32.5. The summed E-state index contributed by atoms with van der Waals surface area (Å²) in [5, 5.41) is 3.42. The van der Waals surface area contributed by atoms with Crippen molar-refractivity contribution in [3.63, 3.8) is 0 Å². The maximum absolute atomic E-state index is 12.6. The molecule has 2 N–H and O–H groups in total. The van der Waals surface area contributed by atoms with E-state index in [-0.39, 0.29) is 17.2 Å². The topological polar surface area (TPSA) is 79.8 Å². The SMILES string of the molecule is CCn1c(SCC(=O)Nc2ccc(C)cc2Br)nc2cc(C)[nH]c2c1=O. The molecule has 0 aliphatic carbocycles. The van der Waals surface area contributed by atoms with E-state index in [4.69, 9.17) is 0 Å². The number of rotatable bonds is 5. The molecule has 2 aromatic heterocycles. The monoisotopic (exact) mass is 434 g/mol. The number of carbonyl (C=O) groups is 1. The number of benzene rings is 1. The van der Waals surface area contributed by atoms with Gasteiger partial charge in [0.15, 0.2) is 5.16 Å². The number of anilines is 1. The second-order valence-corrected chi connectivity index (χ2v) is 7.77. The summed E-state index contributed by atoms with van der Waals surface area (Å²) < 4.78 is 2.42. The number of nitrogens with zero attached hydrogens (tertiary/aromatic N) is 2. The third-order valence-corrected chi connectivity index (χ3v) is 5.52. The lowest BCUT2D eigenvalue weighted by Gasteiger charge is -2.11. The van der Waals surface area contributed by atoms with Crippen LogP contribution in [0.15, 0.2) is 38.7 Å². The van der Waals surface area contributed by atoms with Crippen molar-refractivity contribution in [3.05, 3.63) is 50.3 Å². The third-order valence-electron chi connectivity index (χ3n) is 3.88. The molecule has 3 aromatic rings. The summed E-state index contributed by atoms with van der Waals surface area (Å²) in [7, 11) is 0. The molecule has 3 rings (SSSR count). The number of amides is 1. The van der Waals surface area contributed by atoms with Gasteiger partial charge < -0.3 is 10.3 Å². The zero-order chi connectivity index (χ0) is 18.8. The molecule has 0 fully saturated rings. The van der Waals surface area contributed by atoms with Gasteiger partial charge in [-0.15, -0.1) is 0 Å². The van der Waals surface area contributed by atoms with Crippen LogP contribution in [-0.4, -0.2) is 26.2 Å². The highest BCUT2D eigenvalue weighted by Crippen LogP contribution is 2.24. The number of H-pyrrole nitrogens is 1. The highest BCUT2D eigenvalue weighted by Gasteiger charge is 2.14. The lowest BCUT2D eigenvalue weighted by atomic mass is 10.2. The largest absolute Gasteiger partial charge is 0.353 e. The molecule has 0 atom stereocenters. The summed E-state index contributed by atoms with van der Waals surface area (Å²) in [6.45, 7) is 6.25. The Labute approximate surface area is 163 Å². The van der Waals surface area contributed by atoms with Crippen LogP contribution in [0.4, 0.5) is 5.69 Å². The van der Waals surface area contributed by atoms with E-state index in [1.165, 1.54) is 11.8 Å². The van der Waals surface area contributed by atoms with Gasteiger partial charge in [-0.2, -0.15) is 0 Å². The van der Waals surface area contributed by atoms with E-state index in [1.807, 2.05) is 45.0 Å². The standard InChI is InChI=1S/C18H19BrN4O2S/c1-4-23-17(25)16-14(8-11(3)20-16)22-18(23)26-9-15(24)21-13-6-5-10(2)7-12(13)19/h5-8,20H,4,9H2,1-3H3,(H,21,24). The van der Waals surface area contributed by atoms with Crippen LogP contribution >= 0.6 is 27.7 Å². The molecular formula is C18H19BrN4O2S. The maximum atomic E-state index is 12.6. The molecule has 26 heavy (non-hydrogen) atoms. The van der Waals surface area contributed by atoms with Gasteiger partial charge in [0, 0.05) is 16.7 Å². The fourth-order valence-corrected chi connectivity index (χ4v) is 4.09. The lowest BCUT2D eigenvalue weighted by Crippen LogP contribution is -2.23. The maximum Gasteiger partial charge on any atom is 0.278 e. The molecule has 1 amide bonds. The Kier molecular flexibility index (Phi) is 5.52. The number of halogens is 1. The molecule has 6 nitrogen and oxygen atoms in total. The third kappa shape index (κ3) is 3.86. The van der Waals surface area contributed by atoms with E-state index in [9.17, 15) is 9.59 Å². The molecule has 2 heterocycles. The van der Waals surface area contributed by atoms with Crippen molar-refractivity contribution < 1.29 is 4.79 Å². The number of thioether (sulfide) groups is 1. The molecule has 136 valence electrons. The smallest absolute Gasteiger partial charge is 0.278 e. The number of aryl methyl sites for hydroxylation is 2. The molecule has 8 heteroatoms. The van der Waals surface area contributed by atoms with Gasteiger partial charge in [0.2, 0.25) is 5.91 Å². The average Bonchev–Trinajstić information content (AvgIpc) is 2.96. The van der Waals surface area contributed by atoms with Gasteiger partial charge in [0.25, 0.3) is 5.56 Å². The Hall–Kier alpha value is -2.06. The Morgan fingerprint density at radius 1 is 1.35 bits per heavy atom. The van der Waals surface area contributed by atoms with Crippen molar-refractivity contribution in [2.45, 2.75) is 32.5 Å². The first-order valence-electron chi connectivity index (χ1n) is 8.18. The number of nitrogens with one attached hydrogen (secondary N) is 2. The van der Waals surface area contributed by atoms with Crippen LogP contribution < -0.4 is 10.9 Å². The van der Waals surface area contributed by atoms with Crippen molar-refractivity contribution in [2.24, 2.45) is 0 Å². The Morgan fingerprint density at radius 2 is 2.12 bits per heavy atom. The number of aromatic amines is 1. The molecule has 0 saturated heterocycles. The minimum Gasteiger partial charge on any atom is -0.353 e.